The molecule has 0 aliphatic carbocycles. The molecule has 2 aromatic rings. The molecule has 1 aromatic carbocycles. The van der Waals surface area contributed by atoms with E-state index in [9.17, 15) is 8.78 Å². The number of nitrogens with zero attached hydrogens (tertiary/aromatic N) is 1. The van der Waals surface area contributed by atoms with Crippen LogP contribution in [0.1, 0.15) is 19.4 Å². The second kappa shape index (κ2) is 6.83. The normalized spacial score (nSPS) is 11.0. The minimum atomic E-state index is -0.632. The summed E-state index contributed by atoms with van der Waals surface area (Å²) in [4.78, 5) is 3.83. The molecule has 0 spiro atoms. The lowest BCUT2D eigenvalue weighted by Gasteiger charge is -2.11. The lowest BCUT2D eigenvalue weighted by Crippen LogP contribution is -2.22. The lowest BCUT2D eigenvalue weighted by atomic mass is 10.2. The summed E-state index contributed by atoms with van der Waals surface area (Å²) in [6.07, 6.45) is 1.45. The van der Waals surface area contributed by atoms with Gasteiger partial charge >= 0.3 is 0 Å². The molecule has 0 amide bonds. The first-order chi connectivity index (χ1) is 9.97. The third-order valence-electron chi connectivity index (χ3n) is 2.74. The summed E-state index contributed by atoms with van der Waals surface area (Å²) < 4.78 is 32.9. The molecular weight excluding hydrogens is 298 g/mol. The Hall–Kier alpha value is -1.72. The number of ether oxygens (including phenoxy) is 1. The van der Waals surface area contributed by atoms with Gasteiger partial charge in [0.2, 0.25) is 0 Å². The standard InChI is InChI=1S/C15H15ClF2N2O/c1-9(2)20-8-10-5-6-19-15(14(10)18)21-11-3-4-12(16)13(17)7-11/h3-7,9,20H,8H2,1-2H3. The molecule has 2 rings (SSSR count). The molecule has 0 saturated heterocycles. The van der Waals surface area contributed by atoms with Crippen LogP contribution in [-0.4, -0.2) is 11.0 Å². The summed E-state index contributed by atoms with van der Waals surface area (Å²) in [5.41, 5.74) is 0.433. The van der Waals surface area contributed by atoms with Crippen molar-refractivity contribution in [1.29, 1.82) is 0 Å². The van der Waals surface area contributed by atoms with Crippen LogP contribution in [0.4, 0.5) is 8.78 Å². The number of hydrogen-bond acceptors (Lipinski definition) is 3. The number of nitrogens with one attached hydrogen (secondary N) is 1. The van der Waals surface area contributed by atoms with Crippen LogP contribution in [0.2, 0.25) is 5.02 Å². The van der Waals surface area contributed by atoms with Crippen LogP contribution in [0.15, 0.2) is 30.5 Å². The average molecular weight is 313 g/mol. The third kappa shape index (κ3) is 4.12. The van der Waals surface area contributed by atoms with Crippen LogP contribution in [0.5, 0.6) is 11.6 Å². The fraction of sp³-hybridized carbons (Fsp3) is 0.267. The Morgan fingerprint density at radius 2 is 2.05 bits per heavy atom. The SMILES string of the molecule is CC(C)NCc1ccnc(Oc2ccc(Cl)c(F)c2)c1F. The highest BCUT2D eigenvalue weighted by Gasteiger charge is 2.13. The van der Waals surface area contributed by atoms with Gasteiger partial charge in [-0.15, -0.1) is 0 Å². The summed E-state index contributed by atoms with van der Waals surface area (Å²) in [6, 6.07) is 5.68. The van der Waals surface area contributed by atoms with Crippen LogP contribution in [0.25, 0.3) is 0 Å². The molecule has 0 radical (unpaired) electrons. The van der Waals surface area contributed by atoms with E-state index in [1.54, 1.807) is 6.07 Å². The number of hydrogen-bond donors (Lipinski definition) is 1. The molecule has 0 fully saturated rings. The maximum Gasteiger partial charge on any atom is 0.256 e. The van der Waals surface area contributed by atoms with Crippen molar-refractivity contribution in [1.82, 2.24) is 10.3 Å². The fourth-order valence-electron chi connectivity index (χ4n) is 1.64. The summed E-state index contributed by atoms with van der Waals surface area (Å²) in [6.45, 7) is 4.29. The Kier molecular flexibility index (Phi) is 5.09. The first-order valence-corrected chi connectivity index (χ1v) is 6.85. The van der Waals surface area contributed by atoms with Gasteiger partial charge in [-0.05, 0) is 18.2 Å². The Bertz CT molecular complexity index is 635. The molecule has 0 atom stereocenters. The molecule has 1 heterocycles. The Morgan fingerprint density at radius 1 is 1.29 bits per heavy atom. The largest absolute Gasteiger partial charge is 0.436 e. The van der Waals surface area contributed by atoms with Crippen molar-refractivity contribution in [3.8, 4) is 11.6 Å². The van der Waals surface area contributed by atoms with Crippen LogP contribution in [0.3, 0.4) is 0 Å². The average Bonchev–Trinajstić information content (AvgIpc) is 2.43. The minimum Gasteiger partial charge on any atom is -0.436 e. The predicted octanol–water partition coefficient (Wildman–Crippen LogP) is 4.30. The van der Waals surface area contributed by atoms with Crippen molar-refractivity contribution >= 4 is 11.6 Å². The smallest absolute Gasteiger partial charge is 0.256 e. The Balaban J connectivity index is 2.19. The van der Waals surface area contributed by atoms with Crippen molar-refractivity contribution in [3.63, 3.8) is 0 Å². The number of rotatable bonds is 5. The fourth-order valence-corrected chi connectivity index (χ4v) is 1.75. The third-order valence-corrected chi connectivity index (χ3v) is 3.05. The number of pyridine rings is 1. The maximum absolute atomic E-state index is 14.2. The molecule has 0 aliphatic heterocycles. The van der Waals surface area contributed by atoms with Crippen LogP contribution < -0.4 is 10.1 Å². The van der Waals surface area contributed by atoms with Gasteiger partial charge in [-0.2, -0.15) is 0 Å². The number of halogens is 3. The second-order valence-corrected chi connectivity index (χ2v) is 5.21. The minimum absolute atomic E-state index is 0.0225. The molecule has 112 valence electrons. The highest BCUT2D eigenvalue weighted by molar-refractivity contribution is 6.30. The molecule has 0 unspecified atom stereocenters. The molecular formula is C15H15ClF2N2O. The van der Waals surface area contributed by atoms with E-state index in [-0.39, 0.29) is 22.7 Å². The Labute approximate surface area is 126 Å². The zero-order valence-corrected chi connectivity index (χ0v) is 12.4. The summed E-state index contributed by atoms with van der Waals surface area (Å²) >= 11 is 5.58. The summed E-state index contributed by atoms with van der Waals surface area (Å²) in [5, 5.41) is 3.09. The van der Waals surface area contributed by atoms with Crippen molar-refractivity contribution in [2.75, 3.05) is 0 Å². The zero-order chi connectivity index (χ0) is 15.4. The van der Waals surface area contributed by atoms with Gasteiger partial charge < -0.3 is 10.1 Å². The van der Waals surface area contributed by atoms with Crippen LogP contribution in [-0.2, 0) is 6.54 Å². The highest BCUT2D eigenvalue weighted by atomic mass is 35.5. The van der Waals surface area contributed by atoms with Crippen molar-refractivity contribution < 1.29 is 13.5 Å². The van der Waals surface area contributed by atoms with E-state index >= 15 is 0 Å². The van der Waals surface area contributed by atoms with Crippen molar-refractivity contribution in [3.05, 3.63) is 52.7 Å². The Morgan fingerprint density at radius 3 is 2.71 bits per heavy atom. The van der Waals surface area contributed by atoms with Gasteiger partial charge in [0.05, 0.1) is 5.02 Å². The first kappa shape index (κ1) is 15.7. The van der Waals surface area contributed by atoms with Gasteiger partial charge in [-0.25, -0.2) is 13.8 Å². The van der Waals surface area contributed by atoms with E-state index in [1.165, 1.54) is 18.3 Å². The molecule has 0 bridgehead atoms. The summed E-state index contributed by atoms with van der Waals surface area (Å²) in [7, 11) is 0. The van der Waals surface area contributed by atoms with Crippen molar-refractivity contribution in [2.24, 2.45) is 0 Å². The van der Waals surface area contributed by atoms with Crippen molar-refractivity contribution in [2.45, 2.75) is 26.4 Å². The van der Waals surface area contributed by atoms with E-state index in [0.29, 0.717) is 12.1 Å². The van der Waals surface area contributed by atoms with Crippen LogP contribution in [0, 0.1) is 11.6 Å². The van der Waals surface area contributed by atoms with E-state index in [2.05, 4.69) is 10.3 Å². The molecule has 0 saturated carbocycles. The first-order valence-electron chi connectivity index (χ1n) is 6.47. The van der Waals surface area contributed by atoms with Gasteiger partial charge in [-0.3, -0.25) is 0 Å². The summed E-state index contributed by atoms with van der Waals surface area (Å²) in [5.74, 6) is -1.26. The van der Waals surface area contributed by atoms with E-state index in [4.69, 9.17) is 16.3 Å². The lowest BCUT2D eigenvalue weighted by molar-refractivity contribution is 0.413. The second-order valence-electron chi connectivity index (χ2n) is 4.80. The van der Waals surface area contributed by atoms with E-state index in [0.717, 1.165) is 6.07 Å². The zero-order valence-electron chi connectivity index (χ0n) is 11.7. The molecule has 0 aliphatic rings. The molecule has 3 nitrogen and oxygen atoms in total. The molecule has 1 aromatic heterocycles. The molecule has 21 heavy (non-hydrogen) atoms. The molecule has 6 heteroatoms. The molecule has 1 N–H and O–H groups in total. The van der Waals surface area contributed by atoms with Gasteiger partial charge in [0.1, 0.15) is 11.6 Å². The van der Waals surface area contributed by atoms with Gasteiger partial charge in [0.25, 0.3) is 5.88 Å². The van der Waals surface area contributed by atoms with Crippen LogP contribution >= 0.6 is 11.6 Å². The monoisotopic (exact) mass is 312 g/mol. The maximum atomic E-state index is 14.2. The number of benzene rings is 1. The van der Waals surface area contributed by atoms with Gasteiger partial charge in [0, 0.05) is 30.4 Å². The van der Waals surface area contributed by atoms with E-state index < -0.39 is 11.6 Å². The highest BCUT2D eigenvalue weighted by Crippen LogP contribution is 2.27. The predicted molar refractivity (Wildman–Crippen MR) is 77.7 cm³/mol. The van der Waals surface area contributed by atoms with Gasteiger partial charge in [0.15, 0.2) is 5.82 Å². The quantitative estimate of drug-likeness (QED) is 0.893. The van der Waals surface area contributed by atoms with Gasteiger partial charge in [-0.1, -0.05) is 25.4 Å². The van der Waals surface area contributed by atoms with E-state index in [1.807, 2.05) is 13.8 Å². The topological polar surface area (TPSA) is 34.2 Å². The number of aromatic nitrogens is 1.